The van der Waals surface area contributed by atoms with Gasteiger partial charge in [0.05, 0.1) is 5.56 Å². The summed E-state index contributed by atoms with van der Waals surface area (Å²) in [6.07, 6.45) is 8.91. The van der Waals surface area contributed by atoms with E-state index in [9.17, 15) is 9.59 Å². The van der Waals surface area contributed by atoms with Crippen LogP contribution in [0.4, 0.5) is 4.79 Å². The summed E-state index contributed by atoms with van der Waals surface area (Å²) in [5.74, 6) is 0.547. The van der Waals surface area contributed by atoms with Gasteiger partial charge < -0.3 is 16.0 Å². The second-order valence-corrected chi connectivity index (χ2v) is 6.04. The third-order valence-corrected chi connectivity index (χ3v) is 4.32. The van der Waals surface area contributed by atoms with Gasteiger partial charge >= 0.3 is 6.03 Å². The van der Waals surface area contributed by atoms with E-state index in [1.165, 1.54) is 25.5 Å². The first-order chi connectivity index (χ1) is 11.2. The Morgan fingerprint density at radius 3 is 2.83 bits per heavy atom. The molecule has 1 aliphatic carbocycles. The van der Waals surface area contributed by atoms with Crippen LogP contribution in [0.2, 0.25) is 0 Å². The maximum atomic E-state index is 11.9. The lowest BCUT2D eigenvalue weighted by molar-refractivity contribution is 0.0953. The molecule has 0 unspecified atom stereocenters. The number of pyridine rings is 1. The number of carbonyl (C=O) groups is 2. The minimum Gasteiger partial charge on any atom is -0.350 e. The van der Waals surface area contributed by atoms with E-state index in [0.717, 1.165) is 18.8 Å². The first-order valence-electron chi connectivity index (χ1n) is 8.41. The molecule has 23 heavy (non-hydrogen) atoms. The normalized spacial score (nSPS) is 20.6. The lowest BCUT2D eigenvalue weighted by atomic mass is 9.84. The highest BCUT2D eigenvalue weighted by molar-refractivity contribution is 5.93. The van der Waals surface area contributed by atoms with E-state index in [1.54, 1.807) is 18.3 Å². The number of hydrogen-bond acceptors (Lipinski definition) is 3. The number of carbonyl (C=O) groups excluding carboxylic acids is 2. The number of urea groups is 1. The van der Waals surface area contributed by atoms with Gasteiger partial charge in [-0.1, -0.05) is 26.2 Å². The molecule has 1 aromatic heterocycles. The van der Waals surface area contributed by atoms with Crippen molar-refractivity contribution in [2.75, 3.05) is 13.1 Å². The van der Waals surface area contributed by atoms with Gasteiger partial charge in [-0.25, -0.2) is 4.79 Å². The van der Waals surface area contributed by atoms with Crippen molar-refractivity contribution in [3.8, 4) is 0 Å². The number of hydrogen-bond donors (Lipinski definition) is 3. The van der Waals surface area contributed by atoms with Gasteiger partial charge in [-0.05, 0) is 30.9 Å². The summed E-state index contributed by atoms with van der Waals surface area (Å²) in [7, 11) is 0. The summed E-state index contributed by atoms with van der Waals surface area (Å²) in [6, 6.07) is 3.55. The van der Waals surface area contributed by atoms with Gasteiger partial charge in [0.15, 0.2) is 0 Å². The van der Waals surface area contributed by atoms with Crippen LogP contribution in [-0.2, 0) is 0 Å². The van der Waals surface area contributed by atoms with Gasteiger partial charge in [-0.2, -0.15) is 0 Å². The van der Waals surface area contributed by atoms with Crippen LogP contribution < -0.4 is 16.0 Å². The van der Waals surface area contributed by atoms with Crippen LogP contribution in [0, 0.1) is 5.92 Å². The summed E-state index contributed by atoms with van der Waals surface area (Å²) >= 11 is 0. The Morgan fingerprint density at radius 2 is 2.09 bits per heavy atom. The number of nitrogens with zero attached hydrogens (tertiary/aromatic N) is 1. The molecule has 6 heteroatoms. The van der Waals surface area contributed by atoms with Crippen LogP contribution in [0.1, 0.15) is 49.4 Å². The van der Waals surface area contributed by atoms with Crippen LogP contribution in [0.3, 0.4) is 0 Å². The molecule has 0 saturated heterocycles. The highest BCUT2D eigenvalue weighted by Gasteiger charge is 2.21. The number of rotatable bonds is 6. The molecule has 0 spiro atoms. The molecular formula is C17H26N4O2. The van der Waals surface area contributed by atoms with Gasteiger partial charge in [0, 0.05) is 31.5 Å². The first-order valence-corrected chi connectivity index (χ1v) is 8.41. The Balaban J connectivity index is 1.60. The topological polar surface area (TPSA) is 83.1 Å². The van der Waals surface area contributed by atoms with E-state index in [0.29, 0.717) is 18.7 Å². The molecule has 126 valence electrons. The van der Waals surface area contributed by atoms with Crippen molar-refractivity contribution in [2.45, 2.75) is 45.1 Å². The average Bonchev–Trinajstić information content (AvgIpc) is 2.59. The maximum Gasteiger partial charge on any atom is 0.315 e. The molecule has 0 aliphatic heterocycles. The van der Waals surface area contributed by atoms with Crippen molar-refractivity contribution >= 4 is 11.9 Å². The lowest BCUT2D eigenvalue weighted by Crippen LogP contribution is -2.46. The van der Waals surface area contributed by atoms with Crippen molar-refractivity contribution in [1.82, 2.24) is 20.9 Å². The highest BCUT2D eigenvalue weighted by atomic mass is 16.2. The molecule has 1 aliphatic rings. The molecule has 0 aromatic carbocycles. The molecule has 0 bridgehead atoms. The fraction of sp³-hybridized carbons (Fsp3) is 0.588. The molecule has 6 nitrogen and oxygen atoms in total. The molecule has 1 aromatic rings. The maximum absolute atomic E-state index is 11.9. The van der Waals surface area contributed by atoms with Crippen molar-refractivity contribution in [3.05, 3.63) is 30.1 Å². The van der Waals surface area contributed by atoms with Gasteiger partial charge in [0.2, 0.25) is 0 Å². The monoisotopic (exact) mass is 318 g/mol. The van der Waals surface area contributed by atoms with Gasteiger partial charge in [-0.15, -0.1) is 0 Å². The van der Waals surface area contributed by atoms with Crippen molar-refractivity contribution < 1.29 is 9.59 Å². The van der Waals surface area contributed by atoms with Crippen molar-refractivity contribution in [2.24, 2.45) is 5.92 Å². The van der Waals surface area contributed by atoms with Crippen molar-refractivity contribution in [3.63, 3.8) is 0 Å². The second-order valence-electron chi connectivity index (χ2n) is 6.04. The predicted molar refractivity (Wildman–Crippen MR) is 89.1 cm³/mol. The van der Waals surface area contributed by atoms with E-state index in [4.69, 9.17) is 0 Å². The highest BCUT2D eigenvalue weighted by Crippen LogP contribution is 2.26. The fourth-order valence-corrected chi connectivity index (χ4v) is 2.98. The van der Waals surface area contributed by atoms with E-state index in [1.807, 2.05) is 0 Å². The molecule has 2 atom stereocenters. The molecule has 1 fully saturated rings. The second kappa shape index (κ2) is 9.12. The Labute approximate surface area is 137 Å². The fourth-order valence-electron chi connectivity index (χ4n) is 2.98. The van der Waals surface area contributed by atoms with Crippen LogP contribution in [0.25, 0.3) is 0 Å². The van der Waals surface area contributed by atoms with E-state index < -0.39 is 0 Å². The summed E-state index contributed by atoms with van der Waals surface area (Å²) in [5.41, 5.74) is 0.518. The minimum absolute atomic E-state index is 0.151. The third-order valence-electron chi connectivity index (χ3n) is 4.32. The summed E-state index contributed by atoms with van der Waals surface area (Å²) in [6.45, 7) is 3.00. The largest absolute Gasteiger partial charge is 0.350 e. The summed E-state index contributed by atoms with van der Waals surface area (Å²) in [4.78, 5) is 27.6. The first kappa shape index (κ1) is 17.2. The zero-order valence-electron chi connectivity index (χ0n) is 13.7. The van der Waals surface area contributed by atoms with E-state index >= 15 is 0 Å². The van der Waals surface area contributed by atoms with Gasteiger partial charge in [0.25, 0.3) is 5.91 Å². The van der Waals surface area contributed by atoms with E-state index in [-0.39, 0.29) is 18.0 Å². The zero-order valence-corrected chi connectivity index (χ0v) is 13.7. The molecule has 2 rings (SSSR count). The zero-order chi connectivity index (χ0) is 16.5. The van der Waals surface area contributed by atoms with Gasteiger partial charge in [0.1, 0.15) is 0 Å². The molecular weight excluding hydrogens is 292 g/mol. The standard InChI is InChI=1S/C17H26N4O2/c1-2-13-5-3-7-15(11-13)21-17(23)20-10-9-19-16(22)14-6-4-8-18-12-14/h4,6,8,12-13,15H,2-3,5,7,9-11H2,1H3,(H,19,22)(H2,20,21,23)/t13-,15+/m0/s1. The number of aromatic nitrogens is 1. The van der Waals surface area contributed by atoms with Gasteiger partial charge in [-0.3, -0.25) is 9.78 Å². The molecule has 1 saturated carbocycles. The summed E-state index contributed by atoms with van der Waals surface area (Å²) < 4.78 is 0. The molecule has 0 radical (unpaired) electrons. The minimum atomic E-state index is -0.182. The van der Waals surface area contributed by atoms with E-state index in [2.05, 4.69) is 27.9 Å². The third kappa shape index (κ3) is 5.88. The smallest absolute Gasteiger partial charge is 0.315 e. The summed E-state index contributed by atoms with van der Waals surface area (Å²) in [5, 5.41) is 8.57. The average molecular weight is 318 g/mol. The van der Waals surface area contributed by atoms with Crippen molar-refractivity contribution in [1.29, 1.82) is 0 Å². The number of nitrogens with one attached hydrogen (secondary N) is 3. The predicted octanol–water partition coefficient (Wildman–Crippen LogP) is 2.08. The van der Waals surface area contributed by atoms with Crippen LogP contribution in [0.5, 0.6) is 0 Å². The quantitative estimate of drug-likeness (QED) is 0.702. The Kier molecular flexibility index (Phi) is 6.84. The Hall–Kier alpha value is -2.11. The van der Waals surface area contributed by atoms with Crippen LogP contribution in [-0.4, -0.2) is 36.1 Å². The van der Waals surface area contributed by atoms with Crippen LogP contribution in [0.15, 0.2) is 24.5 Å². The van der Waals surface area contributed by atoms with Crippen LogP contribution >= 0.6 is 0 Å². The Bertz CT molecular complexity index is 507. The number of amides is 3. The lowest BCUT2D eigenvalue weighted by Gasteiger charge is -2.29. The SMILES string of the molecule is CC[C@H]1CCC[C@@H](NC(=O)NCCNC(=O)c2cccnc2)C1. The molecule has 1 heterocycles. The Morgan fingerprint density at radius 1 is 1.26 bits per heavy atom. The molecule has 3 N–H and O–H groups in total. The molecule has 3 amide bonds.